The lowest BCUT2D eigenvalue weighted by atomic mass is 9.45. The van der Waals surface area contributed by atoms with Gasteiger partial charge in [-0.3, -0.25) is 4.79 Å². The molecular weight excluding hydrogens is 387 g/mol. The van der Waals surface area contributed by atoms with Gasteiger partial charge in [0, 0.05) is 17.3 Å². The summed E-state index contributed by atoms with van der Waals surface area (Å²) in [5.41, 5.74) is 0.00442. The van der Waals surface area contributed by atoms with E-state index >= 15 is 0 Å². The second-order valence-corrected chi connectivity index (χ2v) is 8.54. The molecule has 22 heavy (non-hydrogen) atoms. The molecule has 0 amide bonds. The number of carbonyl (C=O) groups is 1. The monoisotopic (exact) mass is 416 g/mol. The predicted octanol–water partition coefficient (Wildman–Crippen LogP) is 4.35. The van der Waals surface area contributed by atoms with Crippen LogP contribution in [-0.4, -0.2) is 17.0 Å². The van der Waals surface area contributed by atoms with Gasteiger partial charge in [-0.15, -0.1) is 24.0 Å². The third kappa shape index (κ3) is 2.03. The SMILES string of the molecule is C[C@]12C(O)C=CCC1CC[C@@H]1[C@@H]2CC[C@]2(C)C(=O)CC[C@@H]12.I. The molecule has 1 N–H and O–H groups in total. The first-order valence-electron chi connectivity index (χ1n) is 8.86. The van der Waals surface area contributed by atoms with E-state index in [-0.39, 0.29) is 40.9 Å². The zero-order valence-corrected chi connectivity index (χ0v) is 16.1. The van der Waals surface area contributed by atoms with E-state index in [1.54, 1.807) is 0 Å². The molecule has 0 bridgehead atoms. The van der Waals surface area contributed by atoms with Crippen LogP contribution in [0.5, 0.6) is 0 Å². The van der Waals surface area contributed by atoms with Gasteiger partial charge in [0.05, 0.1) is 6.10 Å². The lowest BCUT2D eigenvalue weighted by molar-refractivity contribution is -0.146. The van der Waals surface area contributed by atoms with Crippen LogP contribution in [-0.2, 0) is 4.79 Å². The minimum Gasteiger partial charge on any atom is -0.388 e. The van der Waals surface area contributed by atoms with Gasteiger partial charge in [0.2, 0.25) is 0 Å². The van der Waals surface area contributed by atoms with Crippen LogP contribution in [0.25, 0.3) is 0 Å². The Morgan fingerprint density at radius 2 is 1.91 bits per heavy atom. The Balaban J connectivity index is 0.00000144. The van der Waals surface area contributed by atoms with Crippen molar-refractivity contribution in [3.05, 3.63) is 12.2 Å². The summed E-state index contributed by atoms with van der Waals surface area (Å²) in [6.07, 6.45) is 11.7. The molecule has 3 heteroatoms. The van der Waals surface area contributed by atoms with Crippen molar-refractivity contribution in [3.63, 3.8) is 0 Å². The average molecular weight is 416 g/mol. The van der Waals surface area contributed by atoms with E-state index in [0.717, 1.165) is 32.1 Å². The molecule has 0 radical (unpaired) electrons. The topological polar surface area (TPSA) is 37.3 Å². The molecule has 0 aliphatic heterocycles. The van der Waals surface area contributed by atoms with Crippen molar-refractivity contribution < 1.29 is 9.90 Å². The van der Waals surface area contributed by atoms with Gasteiger partial charge in [0.25, 0.3) is 0 Å². The predicted molar refractivity (Wildman–Crippen MR) is 98.1 cm³/mol. The molecule has 3 saturated carbocycles. The molecule has 0 spiro atoms. The number of aliphatic hydroxyl groups excluding tert-OH is 1. The number of ketones is 1. The molecule has 3 fully saturated rings. The van der Waals surface area contributed by atoms with Gasteiger partial charge in [-0.2, -0.15) is 0 Å². The molecule has 2 unspecified atom stereocenters. The van der Waals surface area contributed by atoms with E-state index in [9.17, 15) is 9.90 Å². The number of hydrogen-bond acceptors (Lipinski definition) is 2. The third-order valence-corrected chi connectivity index (χ3v) is 8.05. The highest BCUT2D eigenvalue weighted by Gasteiger charge is 2.61. The first-order chi connectivity index (χ1) is 9.98. The zero-order valence-electron chi connectivity index (χ0n) is 13.8. The van der Waals surface area contributed by atoms with Gasteiger partial charge in [0.1, 0.15) is 5.78 Å². The number of aliphatic hydroxyl groups is 1. The first kappa shape index (κ1) is 16.9. The summed E-state index contributed by atoms with van der Waals surface area (Å²) in [7, 11) is 0. The lowest BCUT2D eigenvalue weighted by Gasteiger charge is -2.59. The maximum Gasteiger partial charge on any atom is 0.139 e. The Labute approximate surface area is 151 Å². The van der Waals surface area contributed by atoms with Gasteiger partial charge < -0.3 is 5.11 Å². The van der Waals surface area contributed by atoms with Crippen molar-refractivity contribution in [2.75, 3.05) is 0 Å². The van der Waals surface area contributed by atoms with Crippen molar-refractivity contribution in [1.29, 1.82) is 0 Å². The van der Waals surface area contributed by atoms with Crippen LogP contribution in [0.1, 0.15) is 58.8 Å². The smallest absolute Gasteiger partial charge is 0.139 e. The van der Waals surface area contributed by atoms with Crippen molar-refractivity contribution in [2.24, 2.45) is 34.5 Å². The third-order valence-electron chi connectivity index (χ3n) is 8.05. The van der Waals surface area contributed by atoms with E-state index in [1.165, 1.54) is 12.8 Å². The molecule has 4 aliphatic rings. The molecule has 7 atom stereocenters. The summed E-state index contributed by atoms with van der Waals surface area (Å²) in [5, 5.41) is 10.7. The highest BCUT2D eigenvalue weighted by atomic mass is 127. The first-order valence-corrected chi connectivity index (χ1v) is 8.86. The van der Waals surface area contributed by atoms with Gasteiger partial charge in [0.15, 0.2) is 0 Å². The summed E-state index contributed by atoms with van der Waals surface area (Å²) >= 11 is 0. The summed E-state index contributed by atoms with van der Waals surface area (Å²) < 4.78 is 0. The number of Topliss-reactive ketones (excluding diaryl/α,β-unsaturated/α-hetero) is 1. The standard InChI is InChI=1S/C19H28O2.HI/c1-18-11-10-15-13(14(18)8-9-16(18)20)7-6-12-4-3-5-17(21)19(12,15)2;/h3,5,12-15,17,21H,4,6-11H2,1-2H3;1H/t12?,13-,14-,15-,17?,18-,19-;/m0./s1. The Bertz CT molecular complexity index is 502. The van der Waals surface area contributed by atoms with Crippen LogP contribution >= 0.6 is 24.0 Å². The minimum atomic E-state index is -0.287. The molecule has 124 valence electrons. The summed E-state index contributed by atoms with van der Waals surface area (Å²) in [6.45, 7) is 4.57. The number of carbonyl (C=O) groups excluding carboxylic acids is 1. The fourth-order valence-electron chi connectivity index (χ4n) is 6.65. The van der Waals surface area contributed by atoms with Crippen molar-refractivity contribution in [2.45, 2.75) is 64.9 Å². The highest BCUT2D eigenvalue weighted by molar-refractivity contribution is 14.0. The molecular formula is C19H29IO2. The van der Waals surface area contributed by atoms with Crippen LogP contribution in [0.15, 0.2) is 12.2 Å². The Morgan fingerprint density at radius 1 is 1.14 bits per heavy atom. The quantitative estimate of drug-likeness (QED) is 0.471. The normalized spacial score (nSPS) is 53.2. The van der Waals surface area contributed by atoms with Gasteiger partial charge >= 0.3 is 0 Å². The molecule has 0 aromatic rings. The molecule has 2 nitrogen and oxygen atoms in total. The minimum absolute atomic E-state index is 0. The summed E-state index contributed by atoms with van der Waals surface area (Å²) in [4.78, 5) is 12.4. The van der Waals surface area contributed by atoms with Gasteiger partial charge in [-0.25, -0.2) is 0 Å². The number of allylic oxidation sites excluding steroid dienone is 1. The number of halogens is 1. The molecule has 4 rings (SSSR count). The maximum atomic E-state index is 12.4. The Morgan fingerprint density at radius 3 is 2.68 bits per heavy atom. The fraction of sp³-hybridized carbons (Fsp3) is 0.842. The van der Waals surface area contributed by atoms with Gasteiger partial charge in [-0.1, -0.05) is 26.0 Å². The zero-order chi connectivity index (χ0) is 14.8. The van der Waals surface area contributed by atoms with E-state index in [0.29, 0.717) is 29.5 Å². The van der Waals surface area contributed by atoms with Crippen LogP contribution < -0.4 is 0 Å². The van der Waals surface area contributed by atoms with Crippen LogP contribution in [0.3, 0.4) is 0 Å². The van der Waals surface area contributed by atoms with Gasteiger partial charge in [-0.05, 0) is 62.2 Å². The van der Waals surface area contributed by atoms with E-state index in [2.05, 4.69) is 19.9 Å². The number of fused-ring (bicyclic) bond motifs is 5. The van der Waals surface area contributed by atoms with Crippen LogP contribution in [0, 0.1) is 34.5 Å². The molecule has 0 aromatic heterocycles. The average Bonchev–Trinajstić information content (AvgIpc) is 2.76. The lowest BCUT2D eigenvalue weighted by Crippen LogP contribution is -2.56. The molecule has 0 aromatic carbocycles. The maximum absolute atomic E-state index is 12.4. The van der Waals surface area contributed by atoms with Crippen molar-refractivity contribution >= 4 is 29.8 Å². The fourth-order valence-corrected chi connectivity index (χ4v) is 6.65. The molecule has 4 aliphatic carbocycles. The highest BCUT2D eigenvalue weighted by Crippen LogP contribution is 2.64. The molecule has 0 heterocycles. The second kappa shape index (κ2) is 5.58. The molecule has 0 saturated heterocycles. The Hall–Kier alpha value is 0.1000. The van der Waals surface area contributed by atoms with E-state index in [1.807, 2.05) is 6.08 Å². The Kier molecular flexibility index (Phi) is 4.29. The van der Waals surface area contributed by atoms with Crippen molar-refractivity contribution in [3.8, 4) is 0 Å². The summed E-state index contributed by atoms with van der Waals surface area (Å²) in [6, 6.07) is 0. The van der Waals surface area contributed by atoms with Crippen LogP contribution in [0.4, 0.5) is 0 Å². The van der Waals surface area contributed by atoms with Crippen LogP contribution in [0.2, 0.25) is 0 Å². The largest absolute Gasteiger partial charge is 0.388 e. The number of hydrogen-bond donors (Lipinski definition) is 1. The second-order valence-electron chi connectivity index (χ2n) is 8.54. The van der Waals surface area contributed by atoms with E-state index < -0.39 is 0 Å². The van der Waals surface area contributed by atoms with E-state index in [4.69, 9.17) is 0 Å². The summed E-state index contributed by atoms with van der Waals surface area (Å²) in [5.74, 6) is 3.01. The number of rotatable bonds is 0. The van der Waals surface area contributed by atoms with Crippen molar-refractivity contribution in [1.82, 2.24) is 0 Å².